The minimum Gasteiger partial charge on any atom is -0.481 e. The van der Waals surface area contributed by atoms with Crippen molar-refractivity contribution in [1.29, 1.82) is 0 Å². The fourth-order valence-corrected chi connectivity index (χ4v) is 2.68. The zero-order valence-corrected chi connectivity index (χ0v) is 14.4. The number of carbonyl (C=O) groups is 1. The molecule has 0 unspecified atom stereocenters. The molecule has 1 atom stereocenters. The van der Waals surface area contributed by atoms with Gasteiger partial charge in [-0.15, -0.1) is 0 Å². The lowest BCUT2D eigenvalue weighted by Crippen LogP contribution is -2.39. The van der Waals surface area contributed by atoms with Gasteiger partial charge in [-0.25, -0.2) is 4.39 Å². The van der Waals surface area contributed by atoms with E-state index < -0.39 is 6.10 Å². The monoisotopic (exact) mass is 349 g/mol. The normalized spacial score (nSPS) is 11.8. The summed E-state index contributed by atoms with van der Waals surface area (Å²) in [6.45, 7) is 1.67. The van der Waals surface area contributed by atoms with Gasteiger partial charge in [0.25, 0.3) is 5.91 Å². The molecule has 0 aliphatic heterocycles. The van der Waals surface area contributed by atoms with Gasteiger partial charge in [0.2, 0.25) is 0 Å². The third-order valence-electron chi connectivity index (χ3n) is 4.05. The van der Waals surface area contributed by atoms with Crippen molar-refractivity contribution in [3.8, 4) is 5.75 Å². The van der Waals surface area contributed by atoms with E-state index in [1.54, 1.807) is 6.92 Å². The fraction of sp³-hybridized carbons (Fsp3) is 0.136. The molecule has 0 heterocycles. The highest BCUT2D eigenvalue weighted by molar-refractivity contribution is 5.81. The average Bonchev–Trinajstić information content (AvgIpc) is 2.69. The Morgan fingerprint density at radius 1 is 0.846 bits per heavy atom. The zero-order valence-electron chi connectivity index (χ0n) is 14.4. The second kappa shape index (κ2) is 8.30. The minimum absolute atomic E-state index is 0.243. The molecule has 0 fully saturated rings. The Balaban J connectivity index is 1.75. The smallest absolute Gasteiger partial charge is 0.261 e. The highest BCUT2D eigenvalue weighted by Gasteiger charge is 2.21. The molecule has 3 rings (SSSR count). The average molecular weight is 349 g/mol. The molecular weight excluding hydrogens is 329 g/mol. The summed E-state index contributed by atoms with van der Waals surface area (Å²) in [5.41, 5.74) is 1.97. The lowest BCUT2D eigenvalue weighted by atomic mass is 9.98. The third kappa shape index (κ3) is 4.48. The van der Waals surface area contributed by atoms with Gasteiger partial charge < -0.3 is 10.1 Å². The van der Waals surface area contributed by atoms with Crippen LogP contribution in [0.3, 0.4) is 0 Å². The lowest BCUT2D eigenvalue weighted by molar-refractivity contribution is -0.127. The summed E-state index contributed by atoms with van der Waals surface area (Å²) in [6.07, 6.45) is -0.713. The second-order valence-corrected chi connectivity index (χ2v) is 5.98. The van der Waals surface area contributed by atoms with E-state index in [9.17, 15) is 9.18 Å². The summed E-state index contributed by atoms with van der Waals surface area (Å²) in [6, 6.07) is 24.9. The summed E-state index contributed by atoms with van der Waals surface area (Å²) >= 11 is 0. The number of rotatable bonds is 6. The van der Waals surface area contributed by atoms with Crippen LogP contribution in [-0.2, 0) is 4.79 Å². The molecule has 26 heavy (non-hydrogen) atoms. The molecule has 0 bridgehead atoms. The van der Waals surface area contributed by atoms with Gasteiger partial charge in [-0.05, 0) is 42.3 Å². The Morgan fingerprint density at radius 2 is 1.35 bits per heavy atom. The van der Waals surface area contributed by atoms with Crippen molar-refractivity contribution < 1.29 is 13.9 Å². The molecule has 0 saturated carbocycles. The minimum atomic E-state index is -0.713. The van der Waals surface area contributed by atoms with Crippen LogP contribution >= 0.6 is 0 Å². The van der Waals surface area contributed by atoms with E-state index in [-0.39, 0.29) is 17.8 Å². The number of benzene rings is 3. The van der Waals surface area contributed by atoms with Gasteiger partial charge in [0.1, 0.15) is 11.6 Å². The van der Waals surface area contributed by atoms with Crippen molar-refractivity contribution in [3.63, 3.8) is 0 Å². The molecular formula is C22H20FNO2. The van der Waals surface area contributed by atoms with Gasteiger partial charge in [0, 0.05) is 0 Å². The lowest BCUT2D eigenvalue weighted by Gasteiger charge is -2.22. The molecule has 0 saturated heterocycles. The summed E-state index contributed by atoms with van der Waals surface area (Å²) in [5.74, 6) is -0.139. The standard InChI is InChI=1S/C22H20FNO2/c1-16(26-20-14-12-19(23)13-15-20)22(25)24-21(17-8-4-2-5-9-17)18-10-6-3-7-11-18/h2-16,21H,1H3,(H,24,25)/t16-/m1/s1. The Morgan fingerprint density at radius 3 is 1.85 bits per heavy atom. The van der Waals surface area contributed by atoms with E-state index in [1.165, 1.54) is 24.3 Å². The van der Waals surface area contributed by atoms with Crippen molar-refractivity contribution in [2.75, 3.05) is 0 Å². The van der Waals surface area contributed by atoms with Crippen molar-refractivity contribution in [1.82, 2.24) is 5.32 Å². The molecule has 3 aromatic rings. The van der Waals surface area contributed by atoms with Gasteiger partial charge in [0.05, 0.1) is 6.04 Å². The highest BCUT2D eigenvalue weighted by atomic mass is 19.1. The Labute approximate surface area is 152 Å². The quantitative estimate of drug-likeness (QED) is 0.712. The van der Waals surface area contributed by atoms with Crippen molar-refractivity contribution >= 4 is 5.91 Å². The summed E-state index contributed by atoms with van der Waals surface area (Å²) < 4.78 is 18.6. The van der Waals surface area contributed by atoms with Gasteiger partial charge in [0.15, 0.2) is 6.10 Å². The first-order chi connectivity index (χ1) is 12.6. The molecule has 0 aliphatic rings. The molecule has 3 aromatic carbocycles. The van der Waals surface area contributed by atoms with Crippen LogP contribution in [0.1, 0.15) is 24.1 Å². The van der Waals surface area contributed by atoms with Gasteiger partial charge in [-0.1, -0.05) is 60.7 Å². The molecule has 1 amide bonds. The molecule has 1 N–H and O–H groups in total. The van der Waals surface area contributed by atoms with E-state index in [2.05, 4.69) is 5.32 Å². The predicted molar refractivity (Wildman–Crippen MR) is 99.4 cm³/mol. The molecule has 132 valence electrons. The molecule has 3 nitrogen and oxygen atoms in total. The maximum absolute atomic E-state index is 13.0. The highest BCUT2D eigenvalue weighted by Crippen LogP contribution is 2.22. The number of carbonyl (C=O) groups excluding carboxylic acids is 1. The van der Waals surface area contributed by atoms with Crippen molar-refractivity contribution in [2.24, 2.45) is 0 Å². The number of hydrogen-bond acceptors (Lipinski definition) is 2. The van der Waals surface area contributed by atoms with Crippen LogP contribution in [0.4, 0.5) is 4.39 Å². The molecule has 0 aliphatic carbocycles. The van der Waals surface area contributed by atoms with Crippen molar-refractivity contribution in [3.05, 3.63) is 102 Å². The van der Waals surface area contributed by atoms with E-state index in [4.69, 9.17) is 4.74 Å². The molecule has 0 radical (unpaired) electrons. The van der Waals surface area contributed by atoms with Crippen LogP contribution < -0.4 is 10.1 Å². The van der Waals surface area contributed by atoms with Crippen LogP contribution in [-0.4, -0.2) is 12.0 Å². The van der Waals surface area contributed by atoms with Crippen LogP contribution in [0, 0.1) is 5.82 Å². The Kier molecular flexibility index (Phi) is 5.64. The molecule has 4 heteroatoms. The largest absolute Gasteiger partial charge is 0.481 e. The van der Waals surface area contributed by atoms with Crippen LogP contribution in [0.5, 0.6) is 5.75 Å². The maximum Gasteiger partial charge on any atom is 0.261 e. The van der Waals surface area contributed by atoms with E-state index in [0.29, 0.717) is 5.75 Å². The number of hydrogen-bond donors (Lipinski definition) is 1. The fourth-order valence-electron chi connectivity index (χ4n) is 2.68. The number of halogens is 1. The second-order valence-electron chi connectivity index (χ2n) is 5.98. The van der Waals surface area contributed by atoms with E-state index >= 15 is 0 Å². The Hall–Kier alpha value is -3.14. The topological polar surface area (TPSA) is 38.3 Å². The van der Waals surface area contributed by atoms with Crippen LogP contribution in [0.25, 0.3) is 0 Å². The third-order valence-corrected chi connectivity index (χ3v) is 4.05. The number of nitrogens with one attached hydrogen (secondary N) is 1. The number of amides is 1. The van der Waals surface area contributed by atoms with E-state index in [1.807, 2.05) is 60.7 Å². The molecule has 0 spiro atoms. The van der Waals surface area contributed by atoms with Crippen LogP contribution in [0.15, 0.2) is 84.9 Å². The Bertz CT molecular complexity index is 796. The summed E-state index contributed by atoms with van der Waals surface area (Å²) in [7, 11) is 0. The zero-order chi connectivity index (χ0) is 18.4. The summed E-state index contributed by atoms with van der Waals surface area (Å²) in [5, 5.41) is 3.04. The first kappa shape index (κ1) is 17.7. The van der Waals surface area contributed by atoms with Gasteiger partial charge in [-0.3, -0.25) is 4.79 Å². The van der Waals surface area contributed by atoms with Gasteiger partial charge >= 0.3 is 0 Å². The predicted octanol–water partition coefficient (Wildman–Crippen LogP) is 4.50. The van der Waals surface area contributed by atoms with Crippen molar-refractivity contribution in [2.45, 2.75) is 19.1 Å². The maximum atomic E-state index is 13.0. The summed E-state index contributed by atoms with van der Waals surface area (Å²) in [4.78, 5) is 12.7. The SMILES string of the molecule is C[C@@H](Oc1ccc(F)cc1)C(=O)NC(c1ccccc1)c1ccccc1. The van der Waals surface area contributed by atoms with Gasteiger partial charge in [-0.2, -0.15) is 0 Å². The first-order valence-corrected chi connectivity index (χ1v) is 8.46. The molecule has 0 aromatic heterocycles. The first-order valence-electron chi connectivity index (χ1n) is 8.46. The van der Waals surface area contributed by atoms with E-state index in [0.717, 1.165) is 11.1 Å². The number of ether oxygens (including phenoxy) is 1. The van der Waals surface area contributed by atoms with Crippen LogP contribution in [0.2, 0.25) is 0 Å².